The number of Topliss-reactive ketones (excluding diaryl/α,β-unsaturated/α-hetero) is 1. The lowest BCUT2D eigenvalue weighted by molar-refractivity contribution is -0.121. The minimum atomic E-state index is 0.0509. The van der Waals surface area contributed by atoms with E-state index in [1.807, 2.05) is 6.08 Å². The quantitative estimate of drug-likeness (QED) is 0.468. The molecule has 0 aliphatic heterocycles. The molecule has 0 fully saturated rings. The number of carbonyl (C=O) groups is 1. The number of carbonyl (C=O) groups excluding carboxylic acids is 1. The fraction of sp³-hybridized carbons (Fsp3) is 0.700. The van der Waals surface area contributed by atoms with E-state index in [2.05, 4.69) is 6.58 Å². The molecule has 12 heavy (non-hydrogen) atoms. The van der Waals surface area contributed by atoms with E-state index in [1.165, 1.54) is 0 Å². The summed E-state index contributed by atoms with van der Waals surface area (Å²) in [6, 6.07) is 0. The maximum Gasteiger partial charge on any atom is 0.132 e. The lowest BCUT2D eigenvalue weighted by Crippen LogP contribution is -2.12. The average molecular weight is 170 g/mol. The van der Waals surface area contributed by atoms with Crippen LogP contribution in [0.1, 0.15) is 32.6 Å². The summed E-state index contributed by atoms with van der Waals surface area (Å²) in [5, 5.41) is 8.67. The van der Waals surface area contributed by atoms with Gasteiger partial charge in [0.15, 0.2) is 0 Å². The first-order valence-corrected chi connectivity index (χ1v) is 4.44. The van der Waals surface area contributed by atoms with Gasteiger partial charge < -0.3 is 5.11 Å². The zero-order chi connectivity index (χ0) is 9.40. The molecule has 0 radical (unpaired) electrons. The molecule has 0 aromatic rings. The van der Waals surface area contributed by atoms with E-state index >= 15 is 0 Å². The van der Waals surface area contributed by atoms with Gasteiger partial charge in [0.1, 0.15) is 5.78 Å². The zero-order valence-electron chi connectivity index (χ0n) is 7.75. The molecule has 0 aromatic carbocycles. The molecule has 0 rings (SSSR count). The van der Waals surface area contributed by atoms with Gasteiger partial charge in [0, 0.05) is 12.5 Å². The number of ketones is 1. The van der Waals surface area contributed by atoms with Crippen molar-refractivity contribution in [1.29, 1.82) is 0 Å². The molecule has 1 unspecified atom stereocenters. The molecule has 0 bridgehead atoms. The van der Waals surface area contributed by atoms with Crippen LogP contribution in [-0.2, 0) is 4.79 Å². The maximum atomic E-state index is 11.0. The van der Waals surface area contributed by atoms with Crippen LogP contribution in [0.4, 0.5) is 0 Å². The van der Waals surface area contributed by atoms with E-state index in [0.717, 1.165) is 19.3 Å². The van der Waals surface area contributed by atoms with Gasteiger partial charge in [-0.15, -0.1) is 6.58 Å². The van der Waals surface area contributed by atoms with Gasteiger partial charge in [-0.2, -0.15) is 0 Å². The van der Waals surface area contributed by atoms with E-state index in [1.54, 1.807) is 6.92 Å². The van der Waals surface area contributed by atoms with Crippen LogP contribution >= 0.6 is 0 Å². The Hall–Kier alpha value is -0.630. The first-order chi connectivity index (χ1) is 5.72. The Balaban J connectivity index is 3.63. The fourth-order valence-corrected chi connectivity index (χ4v) is 1.22. The van der Waals surface area contributed by atoms with E-state index in [-0.39, 0.29) is 18.3 Å². The van der Waals surface area contributed by atoms with Gasteiger partial charge in [-0.3, -0.25) is 4.79 Å². The van der Waals surface area contributed by atoms with E-state index in [4.69, 9.17) is 5.11 Å². The van der Waals surface area contributed by atoms with Gasteiger partial charge in [-0.25, -0.2) is 0 Å². The first kappa shape index (κ1) is 11.4. The lowest BCUT2D eigenvalue weighted by Gasteiger charge is -2.10. The Morgan fingerprint density at radius 2 is 2.25 bits per heavy atom. The molecular weight excluding hydrogens is 152 g/mol. The summed E-state index contributed by atoms with van der Waals surface area (Å²) < 4.78 is 0. The van der Waals surface area contributed by atoms with E-state index < -0.39 is 0 Å². The Bertz CT molecular complexity index is 141. The molecule has 0 heterocycles. The highest BCUT2D eigenvalue weighted by Gasteiger charge is 2.11. The molecule has 2 heteroatoms. The number of hydrogen-bond acceptors (Lipinski definition) is 2. The lowest BCUT2D eigenvalue weighted by atomic mass is 9.95. The Kier molecular flexibility index (Phi) is 6.67. The predicted molar refractivity (Wildman–Crippen MR) is 49.9 cm³/mol. The molecule has 0 saturated heterocycles. The molecule has 1 N–H and O–H groups in total. The summed E-state index contributed by atoms with van der Waals surface area (Å²) in [5.74, 6) is 0.239. The summed E-state index contributed by atoms with van der Waals surface area (Å²) in [7, 11) is 0. The second-order valence-electron chi connectivity index (χ2n) is 3.04. The summed E-state index contributed by atoms with van der Waals surface area (Å²) in [5.41, 5.74) is 0. The smallest absolute Gasteiger partial charge is 0.132 e. The molecule has 0 aromatic heterocycles. The summed E-state index contributed by atoms with van der Waals surface area (Å²) in [6.45, 7) is 5.32. The second kappa shape index (κ2) is 7.04. The molecule has 0 saturated carbocycles. The van der Waals surface area contributed by atoms with Crippen molar-refractivity contribution in [2.45, 2.75) is 32.6 Å². The molecule has 0 spiro atoms. The van der Waals surface area contributed by atoms with Crippen molar-refractivity contribution in [2.75, 3.05) is 6.61 Å². The fourth-order valence-electron chi connectivity index (χ4n) is 1.22. The molecule has 0 aliphatic rings. The van der Waals surface area contributed by atoms with Crippen LogP contribution in [0.3, 0.4) is 0 Å². The summed E-state index contributed by atoms with van der Waals surface area (Å²) in [6.07, 6.45) is 5.29. The SMILES string of the molecule is C=CCCCC(CCO)C(C)=O. The van der Waals surface area contributed by atoms with Crippen molar-refractivity contribution in [1.82, 2.24) is 0 Å². The van der Waals surface area contributed by atoms with Gasteiger partial charge in [0.2, 0.25) is 0 Å². The van der Waals surface area contributed by atoms with Gasteiger partial charge in [0.05, 0.1) is 0 Å². The summed E-state index contributed by atoms with van der Waals surface area (Å²) in [4.78, 5) is 11.0. The van der Waals surface area contributed by atoms with Gasteiger partial charge >= 0.3 is 0 Å². The zero-order valence-corrected chi connectivity index (χ0v) is 7.75. The topological polar surface area (TPSA) is 37.3 Å². The number of aliphatic hydroxyl groups excluding tert-OH is 1. The predicted octanol–water partition coefficient (Wildman–Crippen LogP) is 1.93. The van der Waals surface area contributed by atoms with E-state index in [9.17, 15) is 4.79 Å². The first-order valence-electron chi connectivity index (χ1n) is 4.44. The second-order valence-corrected chi connectivity index (χ2v) is 3.04. The highest BCUT2D eigenvalue weighted by molar-refractivity contribution is 5.78. The van der Waals surface area contributed by atoms with Crippen LogP contribution in [0.15, 0.2) is 12.7 Å². The van der Waals surface area contributed by atoms with Crippen LogP contribution in [0.5, 0.6) is 0 Å². The minimum Gasteiger partial charge on any atom is -0.396 e. The van der Waals surface area contributed by atoms with Crippen molar-refractivity contribution in [3.63, 3.8) is 0 Å². The van der Waals surface area contributed by atoms with Crippen LogP contribution in [0, 0.1) is 5.92 Å². The van der Waals surface area contributed by atoms with Crippen molar-refractivity contribution in [3.05, 3.63) is 12.7 Å². The molecule has 0 amide bonds. The number of allylic oxidation sites excluding steroid dienone is 1. The molecule has 0 aliphatic carbocycles. The Labute approximate surface area is 74.3 Å². The number of rotatable bonds is 7. The largest absolute Gasteiger partial charge is 0.396 e. The van der Waals surface area contributed by atoms with Crippen molar-refractivity contribution in [3.8, 4) is 0 Å². The summed E-state index contributed by atoms with van der Waals surface area (Å²) >= 11 is 0. The standard InChI is InChI=1S/C10H18O2/c1-3-4-5-6-10(7-8-11)9(2)12/h3,10-11H,1,4-8H2,2H3. The molecule has 2 nitrogen and oxygen atoms in total. The number of hydrogen-bond donors (Lipinski definition) is 1. The number of aliphatic hydroxyl groups is 1. The minimum absolute atomic E-state index is 0.0509. The molecule has 1 atom stereocenters. The number of unbranched alkanes of at least 4 members (excludes halogenated alkanes) is 1. The monoisotopic (exact) mass is 170 g/mol. The van der Waals surface area contributed by atoms with Crippen molar-refractivity contribution >= 4 is 5.78 Å². The average Bonchev–Trinajstić information content (AvgIpc) is 2.03. The Morgan fingerprint density at radius 1 is 1.58 bits per heavy atom. The van der Waals surface area contributed by atoms with Crippen LogP contribution in [-0.4, -0.2) is 17.5 Å². The highest BCUT2D eigenvalue weighted by atomic mass is 16.3. The van der Waals surface area contributed by atoms with Gasteiger partial charge in [-0.05, 0) is 32.6 Å². The van der Waals surface area contributed by atoms with Crippen LogP contribution in [0.2, 0.25) is 0 Å². The van der Waals surface area contributed by atoms with Crippen molar-refractivity contribution in [2.24, 2.45) is 5.92 Å². The highest BCUT2D eigenvalue weighted by Crippen LogP contribution is 2.13. The van der Waals surface area contributed by atoms with Crippen LogP contribution in [0.25, 0.3) is 0 Å². The third-order valence-electron chi connectivity index (χ3n) is 2.01. The van der Waals surface area contributed by atoms with Gasteiger partial charge in [0.25, 0.3) is 0 Å². The van der Waals surface area contributed by atoms with Crippen LogP contribution < -0.4 is 0 Å². The third kappa shape index (κ3) is 5.08. The maximum absolute atomic E-state index is 11.0. The van der Waals surface area contributed by atoms with Gasteiger partial charge in [-0.1, -0.05) is 6.08 Å². The Morgan fingerprint density at radius 3 is 2.67 bits per heavy atom. The third-order valence-corrected chi connectivity index (χ3v) is 2.01. The molecular formula is C10H18O2. The normalized spacial score (nSPS) is 12.5. The van der Waals surface area contributed by atoms with E-state index in [0.29, 0.717) is 6.42 Å². The molecule has 70 valence electrons. The van der Waals surface area contributed by atoms with Crippen molar-refractivity contribution < 1.29 is 9.90 Å².